The van der Waals surface area contributed by atoms with E-state index in [-0.39, 0.29) is 5.78 Å². The zero-order valence-corrected chi connectivity index (χ0v) is 19.1. The molecule has 0 aliphatic carbocycles. The summed E-state index contributed by atoms with van der Waals surface area (Å²) in [4.78, 5) is 14.9. The Balaban J connectivity index is 2.47. The molecule has 7 heteroatoms. The van der Waals surface area contributed by atoms with Crippen molar-refractivity contribution in [1.82, 2.24) is 0 Å². The van der Waals surface area contributed by atoms with Gasteiger partial charge in [0.05, 0.1) is 38.1 Å². The van der Waals surface area contributed by atoms with Crippen molar-refractivity contribution < 1.29 is 23.7 Å². The number of carbonyl (C=O) groups excluding carboxylic acids is 1. The van der Waals surface area contributed by atoms with Crippen LogP contribution in [0.25, 0.3) is 6.08 Å². The zero-order chi connectivity index (χ0) is 21.6. The van der Waals surface area contributed by atoms with Crippen LogP contribution in [-0.4, -0.2) is 47.8 Å². The number of allylic oxidation sites excluding steroid dienone is 1. The molecule has 6 nitrogen and oxygen atoms in total. The molecule has 0 unspecified atom stereocenters. The number of ketones is 1. The largest absolute Gasteiger partial charge is 0.497 e. The molecule has 0 radical (unpaired) electrons. The molecular formula is C22H26BrNO5. The number of halogens is 1. The minimum atomic E-state index is -0.167. The predicted octanol–water partition coefficient (Wildman–Crippen LogP) is 4.80. The van der Waals surface area contributed by atoms with E-state index in [1.54, 1.807) is 45.6 Å². The fraction of sp³-hybridized carbons (Fsp3) is 0.318. The predicted molar refractivity (Wildman–Crippen MR) is 119 cm³/mol. The lowest BCUT2D eigenvalue weighted by Gasteiger charge is -2.18. The van der Waals surface area contributed by atoms with E-state index in [4.69, 9.17) is 18.9 Å². The molecule has 156 valence electrons. The summed E-state index contributed by atoms with van der Waals surface area (Å²) in [7, 11) is 8.48. The van der Waals surface area contributed by atoms with Gasteiger partial charge in [-0.3, -0.25) is 4.79 Å². The molecule has 0 atom stereocenters. The molecular weight excluding hydrogens is 438 g/mol. The number of ether oxygens (including phenoxy) is 4. The molecule has 29 heavy (non-hydrogen) atoms. The van der Waals surface area contributed by atoms with Crippen molar-refractivity contribution in [3.63, 3.8) is 0 Å². The van der Waals surface area contributed by atoms with Crippen molar-refractivity contribution in [2.75, 3.05) is 46.9 Å². The van der Waals surface area contributed by atoms with Gasteiger partial charge in [0, 0.05) is 31.3 Å². The number of anilines is 1. The van der Waals surface area contributed by atoms with E-state index in [9.17, 15) is 4.79 Å². The van der Waals surface area contributed by atoms with Gasteiger partial charge in [0.25, 0.3) is 0 Å². The third-order valence-electron chi connectivity index (χ3n) is 4.22. The van der Waals surface area contributed by atoms with E-state index in [0.29, 0.717) is 39.5 Å². The van der Waals surface area contributed by atoms with Crippen LogP contribution in [0.4, 0.5) is 5.69 Å². The first kappa shape index (κ1) is 22.6. The van der Waals surface area contributed by atoms with Gasteiger partial charge in [-0.25, -0.2) is 0 Å². The molecule has 0 spiro atoms. The summed E-state index contributed by atoms with van der Waals surface area (Å²) in [5.74, 6) is 2.19. The van der Waals surface area contributed by atoms with Crippen LogP contribution in [0.15, 0.2) is 34.8 Å². The number of carbonyl (C=O) groups is 1. The molecule has 0 saturated carbocycles. The Morgan fingerprint density at radius 2 is 1.76 bits per heavy atom. The lowest BCUT2D eigenvalue weighted by molar-refractivity contribution is 0.104. The van der Waals surface area contributed by atoms with Crippen LogP contribution in [0, 0.1) is 0 Å². The van der Waals surface area contributed by atoms with Crippen LogP contribution in [0.2, 0.25) is 0 Å². The average Bonchev–Trinajstić information content (AvgIpc) is 2.72. The van der Waals surface area contributed by atoms with Crippen LogP contribution >= 0.6 is 15.9 Å². The van der Waals surface area contributed by atoms with Crippen molar-refractivity contribution >= 4 is 33.5 Å². The second-order valence-electron chi connectivity index (χ2n) is 6.28. The van der Waals surface area contributed by atoms with Crippen molar-refractivity contribution in [1.29, 1.82) is 0 Å². The molecule has 0 aliphatic rings. The van der Waals surface area contributed by atoms with Gasteiger partial charge in [0.15, 0.2) is 17.3 Å². The summed E-state index contributed by atoms with van der Waals surface area (Å²) in [6.07, 6.45) is 1.69. The average molecular weight is 464 g/mol. The normalized spacial score (nSPS) is 11.1. The Bertz CT molecular complexity index is 908. The first-order chi connectivity index (χ1) is 13.9. The van der Waals surface area contributed by atoms with Crippen LogP contribution in [-0.2, 0) is 0 Å². The molecule has 0 fully saturated rings. The van der Waals surface area contributed by atoms with Gasteiger partial charge in [0.1, 0.15) is 11.5 Å². The molecule has 0 bridgehead atoms. The monoisotopic (exact) mass is 463 g/mol. The highest BCUT2D eigenvalue weighted by atomic mass is 79.9. The zero-order valence-electron chi connectivity index (χ0n) is 17.5. The molecule has 0 amide bonds. The fourth-order valence-electron chi connectivity index (χ4n) is 2.82. The van der Waals surface area contributed by atoms with Crippen molar-refractivity contribution in [2.45, 2.75) is 6.92 Å². The highest BCUT2D eigenvalue weighted by molar-refractivity contribution is 9.12. The van der Waals surface area contributed by atoms with E-state index in [1.165, 1.54) is 0 Å². The highest BCUT2D eigenvalue weighted by Crippen LogP contribution is 2.38. The maximum Gasteiger partial charge on any atom is 0.200 e. The second kappa shape index (κ2) is 10.2. The summed E-state index contributed by atoms with van der Waals surface area (Å²) in [6, 6.07) is 8.87. The first-order valence-corrected chi connectivity index (χ1v) is 9.81. The fourth-order valence-corrected chi connectivity index (χ4v) is 3.29. The third-order valence-corrected chi connectivity index (χ3v) is 4.81. The second-order valence-corrected chi connectivity index (χ2v) is 7.14. The van der Waals surface area contributed by atoms with Crippen LogP contribution in [0.3, 0.4) is 0 Å². The lowest BCUT2D eigenvalue weighted by atomic mass is 10.1. The number of hydrogen-bond acceptors (Lipinski definition) is 6. The van der Waals surface area contributed by atoms with E-state index in [0.717, 1.165) is 11.4 Å². The third kappa shape index (κ3) is 5.23. The molecule has 2 aromatic rings. The molecule has 0 N–H and O–H groups in total. The highest BCUT2D eigenvalue weighted by Gasteiger charge is 2.17. The minimum absolute atomic E-state index is 0.167. The maximum atomic E-state index is 13.0. The Morgan fingerprint density at radius 1 is 1.03 bits per heavy atom. The van der Waals surface area contributed by atoms with E-state index in [1.807, 2.05) is 38.1 Å². The Morgan fingerprint density at radius 3 is 2.31 bits per heavy atom. The van der Waals surface area contributed by atoms with Crippen LogP contribution in [0.1, 0.15) is 22.8 Å². The minimum Gasteiger partial charge on any atom is -0.497 e. The van der Waals surface area contributed by atoms with Gasteiger partial charge in [0.2, 0.25) is 0 Å². The molecule has 0 saturated heterocycles. The summed E-state index contributed by atoms with van der Waals surface area (Å²) in [5, 5.41) is 0. The van der Waals surface area contributed by atoms with Gasteiger partial charge < -0.3 is 23.8 Å². The Hall–Kier alpha value is -2.67. The molecule has 2 aromatic carbocycles. The van der Waals surface area contributed by atoms with E-state index < -0.39 is 0 Å². The summed E-state index contributed by atoms with van der Waals surface area (Å²) in [6.45, 7) is 2.48. The van der Waals surface area contributed by atoms with Gasteiger partial charge in [-0.2, -0.15) is 0 Å². The standard InChI is InChI=1S/C22H26BrNO5/c1-7-29-19-9-8-14(12-18(19)24(2)3)21(25)17(23)11-15-10-16(26-4)13-20(27-5)22(15)28-6/h8-13H,7H2,1-6H3/b17-11+. The number of methoxy groups -OCH3 is 3. The van der Waals surface area contributed by atoms with E-state index in [2.05, 4.69) is 15.9 Å². The molecule has 0 aromatic heterocycles. The quantitative estimate of drug-likeness (QED) is 0.393. The lowest BCUT2D eigenvalue weighted by Crippen LogP contribution is -2.12. The number of nitrogens with zero attached hydrogens (tertiary/aromatic N) is 1. The SMILES string of the molecule is CCOc1ccc(C(=O)/C(Br)=C\c2cc(OC)cc(OC)c2OC)cc1N(C)C. The van der Waals surface area contributed by atoms with Crippen LogP contribution < -0.4 is 23.8 Å². The summed E-state index contributed by atoms with van der Waals surface area (Å²) in [5.41, 5.74) is 2.02. The number of Topliss-reactive ketones (excluding diaryl/α,β-unsaturated/α-hetero) is 1. The number of rotatable bonds is 9. The Kier molecular flexibility index (Phi) is 7.96. The molecule has 0 heterocycles. The van der Waals surface area contributed by atoms with Crippen molar-refractivity contribution in [2.24, 2.45) is 0 Å². The van der Waals surface area contributed by atoms with Crippen molar-refractivity contribution in [3.8, 4) is 23.0 Å². The number of benzene rings is 2. The Labute approximate surface area is 180 Å². The van der Waals surface area contributed by atoms with Crippen molar-refractivity contribution in [3.05, 3.63) is 45.9 Å². The number of hydrogen-bond donors (Lipinski definition) is 0. The van der Waals surface area contributed by atoms with E-state index >= 15 is 0 Å². The first-order valence-electron chi connectivity index (χ1n) is 9.02. The summed E-state index contributed by atoms with van der Waals surface area (Å²) < 4.78 is 22.2. The van der Waals surface area contributed by atoms with Crippen LogP contribution in [0.5, 0.6) is 23.0 Å². The van der Waals surface area contributed by atoms with Gasteiger partial charge in [-0.05, 0) is 53.2 Å². The van der Waals surface area contributed by atoms with Gasteiger partial charge in [-0.1, -0.05) is 0 Å². The van der Waals surface area contributed by atoms with Gasteiger partial charge >= 0.3 is 0 Å². The maximum absolute atomic E-state index is 13.0. The molecule has 2 rings (SSSR count). The topological polar surface area (TPSA) is 57.2 Å². The van der Waals surface area contributed by atoms with Gasteiger partial charge in [-0.15, -0.1) is 0 Å². The smallest absolute Gasteiger partial charge is 0.200 e. The molecule has 0 aliphatic heterocycles. The summed E-state index contributed by atoms with van der Waals surface area (Å²) >= 11 is 3.41.